The number of Topliss-reactive ketones (excluding diaryl/α,β-unsaturated/α-hetero) is 1. The molecule has 7 heteroatoms. The van der Waals surface area contributed by atoms with Gasteiger partial charge >= 0.3 is 6.18 Å². The third-order valence-corrected chi connectivity index (χ3v) is 5.88. The van der Waals surface area contributed by atoms with Crippen LogP contribution < -0.4 is 4.90 Å². The van der Waals surface area contributed by atoms with Gasteiger partial charge in [-0.05, 0) is 48.7 Å². The molecule has 1 aliphatic heterocycles. The van der Waals surface area contributed by atoms with E-state index in [4.69, 9.17) is 0 Å². The molecule has 2 aliphatic rings. The number of nitrogens with zero attached hydrogens (tertiary/aromatic N) is 1. The molecular weight excluding hydrogens is 447 g/mol. The van der Waals surface area contributed by atoms with E-state index in [0.717, 1.165) is 16.6 Å². The maximum absolute atomic E-state index is 13.1. The summed E-state index contributed by atoms with van der Waals surface area (Å²) in [4.78, 5) is 27.5. The van der Waals surface area contributed by atoms with Crippen molar-refractivity contribution < 1.29 is 22.8 Å². The van der Waals surface area contributed by atoms with Crippen LogP contribution in [0.1, 0.15) is 42.7 Å². The molecule has 3 nitrogen and oxygen atoms in total. The molecule has 0 fully saturated rings. The van der Waals surface area contributed by atoms with Crippen LogP contribution in [0.4, 0.5) is 18.9 Å². The summed E-state index contributed by atoms with van der Waals surface area (Å²) in [5, 5.41) is 0. The maximum atomic E-state index is 13.1. The number of allylic oxidation sites excluding steroid dienone is 2. The van der Waals surface area contributed by atoms with Crippen LogP contribution in [0.15, 0.2) is 64.3 Å². The van der Waals surface area contributed by atoms with Gasteiger partial charge in [0.05, 0.1) is 5.56 Å². The number of hydrogen-bond donors (Lipinski definition) is 0. The molecule has 2 aromatic rings. The van der Waals surface area contributed by atoms with Crippen molar-refractivity contribution in [2.45, 2.75) is 37.8 Å². The second-order valence-electron chi connectivity index (χ2n) is 7.22. The molecule has 0 spiro atoms. The highest BCUT2D eigenvalue weighted by Gasteiger charge is 2.40. The molecular formula is C22H17BrF3NO2. The number of ketones is 1. The van der Waals surface area contributed by atoms with Gasteiger partial charge in [0.15, 0.2) is 5.78 Å². The zero-order chi connectivity index (χ0) is 20.8. The number of anilines is 1. The molecule has 1 unspecified atom stereocenters. The largest absolute Gasteiger partial charge is 0.416 e. The van der Waals surface area contributed by atoms with Gasteiger partial charge in [-0.3, -0.25) is 14.5 Å². The first-order valence-electron chi connectivity index (χ1n) is 9.27. The third kappa shape index (κ3) is 3.75. The molecule has 0 radical (unpaired) electrons. The second-order valence-corrected chi connectivity index (χ2v) is 8.14. The molecule has 0 aromatic heterocycles. The first-order chi connectivity index (χ1) is 13.8. The van der Waals surface area contributed by atoms with Crippen molar-refractivity contribution >= 4 is 33.3 Å². The Labute approximate surface area is 174 Å². The number of alkyl halides is 3. The van der Waals surface area contributed by atoms with Crippen molar-refractivity contribution in [2.24, 2.45) is 0 Å². The first-order valence-corrected chi connectivity index (χ1v) is 10.1. The predicted octanol–water partition coefficient (Wildman–Crippen LogP) is 6.00. The van der Waals surface area contributed by atoms with Crippen molar-refractivity contribution in [3.05, 3.63) is 75.4 Å². The number of carbonyl (C=O) groups excluding carboxylic acids is 2. The van der Waals surface area contributed by atoms with E-state index in [2.05, 4.69) is 15.9 Å². The Bertz CT molecular complexity index is 1010. The van der Waals surface area contributed by atoms with Crippen LogP contribution in [0.25, 0.3) is 0 Å². The molecule has 0 bridgehead atoms. The minimum atomic E-state index is -4.43. The molecule has 150 valence electrons. The van der Waals surface area contributed by atoms with Gasteiger partial charge in [0.25, 0.3) is 0 Å². The summed E-state index contributed by atoms with van der Waals surface area (Å²) < 4.78 is 39.5. The van der Waals surface area contributed by atoms with E-state index in [1.165, 1.54) is 12.1 Å². The molecule has 0 saturated heterocycles. The second kappa shape index (κ2) is 7.44. The molecule has 2 aromatic carbocycles. The molecule has 1 amide bonds. The minimum Gasteiger partial charge on any atom is -0.294 e. The Morgan fingerprint density at radius 2 is 1.72 bits per heavy atom. The summed E-state index contributed by atoms with van der Waals surface area (Å²) in [5.74, 6) is -0.721. The van der Waals surface area contributed by atoms with Crippen LogP contribution in [-0.2, 0) is 15.8 Å². The summed E-state index contributed by atoms with van der Waals surface area (Å²) in [7, 11) is 0. The van der Waals surface area contributed by atoms with E-state index in [-0.39, 0.29) is 18.1 Å². The third-order valence-electron chi connectivity index (χ3n) is 5.38. The van der Waals surface area contributed by atoms with Gasteiger partial charge in [0, 0.05) is 40.2 Å². The van der Waals surface area contributed by atoms with Gasteiger partial charge in [0.1, 0.15) is 0 Å². The molecule has 1 atom stereocenters. The van der Waals surface area contributed by atoms with Crippen LogP contribution in [0.2, 0.25) is 0 Å². The molecule has 1 aliphatic carbocycles. The van der Waals surface area contributed by atoms with E-state index < -0.39 is 17.7 Å². The van der Waals surface area contributed by atoms with Crippen LogP contribution in [0.3, 0.4) is 0 Å². The normalized spacial score (nSPS) is 20.1. The lowest BCUT2D eigenvalue weighted by atomic mass is 9.77. The molecule has 4 rings (SSSR count). The monoisotopic (exact) mass is 463 g/mol. The van der Waals surface area contributed by atoms with Crippen molar-refractivity contribution in [3.63, 3.8) is 0 Å². The number of amides is 1. The Morgan fingerprint density at radius 1 is 1.00 bits per heavy atom. The summed E-state index contributed by atoms with van der Waals surface area (Å²) in [6, 6.07) is 12.1. The lowest BCUT2D eigenvalue weighted by Crippen LogP contribution is -2.40. The van der Waals surface area contributed by atoms with E-state index in [1.807, 2.05) is 24.3 Å². The highest BCUT2D eigenvalue weighted by Crippen LogP contribution is 2.44. The molecule has 0 N–H and O–H groups in total. The minimum absolute atomic E-state index is 0.0383. The smallest absolute Gasteiger partial charge is 0.294 e. The van der Waals surface area contributed by atoms with Gasteiger partial charge in [-0.2, -0.15) is 13.2 Å². The molecule has 1 heterocycles. The lowest BCUT2D eigenvalue weighted by Gasteiger charge is -2.38. The van der Waals surface area contributed by atoms with Gasteiger partial charge in [0.2, 0.25) is 5.91 Å². The van der Waals surface area contributed by atoms with E-state index in [9.17, 15) is 22.8 Å². The standard InChI is InChI=1S/C22H17BrF3NO2/c23-15-3-1-4-16(11-15)27-18-5-2-6-19(28)21(18)17(12-20(27)29)13-7-9-14(10-8-13)22(24,25)26/h1,3-4,7-11,17H,2,5-6,12H2. The number of rotatable bonds is 2. The van der Waals surface area contributed by atoms with E-state index in [0.29, 0.717) is 41.8 Å². The van der Waals surface area contributed by atoms with Crippen molar-refractivity contribution in [1.82, 2.24) is 0 Å². The molecule has 0 saturated carbocycles. The fraction of sp³-hybridized carbons (Fsp3) is 0.273. The molecule has 29 heavy (non-hydrogen) atoms. The zero-order valence-electron chi connectivity index (χ0n) is 15.3. The van der Waals surface area contributed by atoms with E-state index in [1.54, 1.807) is 4.90 Å². The number of hydrogen-bond acceptors (Lipinski definition) is 2. The van der Waals surface area contributed by atoms with Gasteiger partial charge in [-0.25, -0.2) is 0 Å². The number of benzene rings is 2. The van der Waals surface area contributed by atoms with Crippen LogP contribution in [-0.4, -0.2) is 11.7 Å². The van der Waals surface area contributed by atoms with Crippen molar-refractivity contribution in [2.75, 3.05) is 4.90 Å². The number of halogens is 4. The zero-order valence-corrected chi connectivity index (χ0v) is 16.9. The van der Waals surface area contributed by atoms with Crippen molar-refractivity contribution in [3.8, 4) is 0 Å². The van der Waals surface area contributed by atoms with Crippen LogP contribution in [0, 0.1) is 0 Å². The quantitative estimate of drug-likeness (QED) is 0.547. The lowest BCUT2D eigenvalue weighted by molar-refractivity contribution is -0.137. The topological polar surface area (TPSA) is 37.4 Å². The van der Waals surface area contributed by atoms with E-state index >= 15 is 0 Å². The Balaban J connectivity index is 1.80. The Morgan fingerprint density at radius 3 is 2.38 bits per heavy atom. The van der Waals surface area contributed by atoms with Gasteiger partial charge in [-0.1, -0.05) is 34.1 Å². The van der Waals surface area contributed by atoms with Crippen molar-refractivity contribution in [1.29, 1.82) is 0 Å². The van der Waals surface area contributed by atoms with Gasteiger partial charge < -0.3 is 0 Å². The SMILES string of the molecule is O=C1CCCC2=C1C(c1ccc(C(F)(F)F)cc1)CC(=O)N2c1cccc(Br)c1. The maximum Gasteiger partial charge on any atom is 0.416 e. The fourth-order valence-electron chi connectivity index (χ4n) is 4.10. The average molecular weight is 464 g/mol. The summed E-state index contributed by atoms with van der Waals surface area (Å²) >= 11 is 3.41. The highest BCUT2D eigenvalue weighted by molar-refractivity contribution is 9.10. The number of carbonyl (C=O) groups is 2. The van der Waals surface area contributed by atoms with Crippen LogP contribution in [0.5, 0.6) is 0 Å². The summed E-state index contributed by atoms with van der Waals surface area (Å²) in [6.07, 6.45) is -2.77. The Hall–Kier alpha value is -2.41. The summed E-state index contributed by atoms with van der Waals surface area (Å²) in [5.41, 5.74) is 1.71. The average Bonchev–Trinajstić information content (AvgIpc) is 2.67. The van der Waals surface area contributed by atoms with Gasteiger partial charge in [-0.15, -0.1) is 0 Å². The Kier molecular flexibility index (Phi) is 5.11. The van der Waals surface area contributed by atoms with Crippen LogP contribution >= 0.6 is 15.9 Å². The summed E-state index contributed by atoms with van der Waals surface area (Å²) in [6.45, 7) is 0. The predicted molar refractivity (Wildman–Crippen MR) is 106 cm³/mol. The first kappa shape index (κ1) is 19.9. The highest BCUT2D eigenvalue weighted by atomic mass is 79.9. The fourth-order valence-corrected chi connectivity index (χ4v) is 4.48.